The summed E-state index contributed by atoms with van der Waals surface area (Å²) in [5.74, 6) is 0.679. The predicted octanol–water partition coefficient (Wildman–Crippen LogP) is 2.51. The van der Waals surface area contributed by atoms with E-state index in [0.29, 0.717) is 12.1 Å². The predicted molar refractivity (Wildman–Crippen MR) is 119 cm³/mol. The number of likely N-dealkylation sites (N-methyl/N-ethyl adjacent to an activating group) is 1. The Morgan fingerprint density at radius 1 is 1.00 bits per heavy atom. The Balaban J connectivity index is 1.54. The van der Waals surface area contributed by atoms with E-state index in [0.717, 1.165) is 48.9 Å². The van der Waals surface area contributed by atoms with Crippen LogP contribution >= 0.6 is 0 Å². The van der Waals surface area contributed by atoms with Gasteiger partial charge in [-0.2, -0.15) is 5.10 Å². The minimum Gasteiger partial charge on any atom is -0.369 e. The number of nitrogens with zero attached hydrogens (tertiary/aromatic N) is 5. The molecule has 1 aliphatic heterocycles. The van der Waals surface area contributed by atoms with Crippen molar-refractivity contribution in [3.63, 3.8) is 0 Å². The molecule has 4 rings (SSSR count). The van der Waals surface area contributed by atoms with Crippen LogP contribution < -0.4 is 10.2 Å². The first-order valence-corrected chi connectivity index (χ1v) is 10.4. The van der Waals surface area contributed by atoms with Gasteiger partial charge in [-0.1, -0.05) is 18.2 Å². The van der Waals surface area contributed by atoms with Gasteiger partial charge in [0.15, 0.2) is 0 Å². The third-order valence-corrected chi connectivity index (χ3v) is 5.91. The van der Waals surface area contributed by atoms with Gasteiger partial charge in [-0.25, -0.2) is 0 Å². The highest BCUT2D eigenvalue weighted by Crippen LogP contribution is 2.23. The standard InChI is InChI=1S/C23H30N6O/c1-17-9-10-18(2)29(17)23-20(16-25-27(23)4)22(30)24-15-19-7-5-6-8-21(19)28-13-11-26(3)12-14-28/h5-10,16H,11-15H2,1-4H3,(H,24,30). The molecule has 7 nitrogen and oxygen atoms in total. The van der Waals surface area contributed by atoms with Gasteiger partial charge in [-0.15, -0.1) is 0 Å². The van der Waals surface area contributed by atoms with E-state index in [1.165, 1.54) is 5.69 Å². The van der Waals surface area contributed by atoms with E-state index in [9.17, 15) is 4.79 Å². The molecule has 158 valence electrons. The molecule has 0 radical (unpaired) electrons. The van der Waals surface area contributed by atoms with Crippen molar-refractivity contribution in [2.24, 2.45) is 7.05 Å². The number of aryl methyl sites for hydroxylation is 3. The fourth-order valence-electron chi connectivity index (χ4n) is 4.15. The van der Waals surface area contributed by atoms with Crippen LogP contribution in [0.4, 0.5) is 5.69 Å². The minimum absolute atomic E-state index is 0.112. The Morgan fingerprint density at radius 2 is 1.67 bits per heavy atom. The number of anilines is 1. The highest BCUT2D eigenvalue weighted by molar-refractivity contribution is 5.97. The summed E-state index contributed by atoms with van der Waals surface area (Å²) in [5.41, 5.74) is 5.07. The van der Waals surface area contributed by atoms with Crippen LogP contribution in [0.15, 0.2) is 42.6 Å². The number of piperazine rings is 1. The van der Waals surface area contributed by atoms with Gasteiger partial charge in [0.2, 0.25) is 0 Å². The van der Waals surface area contributed by atoms with Crippen molar-refractivity contribution in [2.45, 2.75) is 20.4 Å². The lowest BCUT2D eigenvalue weighted by molar-refractivity contribution is 0.0951. The van der Waals surface area contributed by atoms with Crippen molar-refractivity contribution < 1.29 is 4.79 Å². The molecule has 1 aromatic carbocycles. The number of hydrogen-bond donors (Lipinski definition) is 1. The zero-order valence-corrected chi connectivity index (χ0v) is 18.2. The van der Waals surface area contributed by atoms with E-state index in [1.54, 1.807) is 10.9 Å². The molecule has 2 aromatic heterocycles. The molecule has 7 heteroatoms. The quantitative estimate of drug-likeness (QED) is 0.707. The monoisotopic (exact) mass is 406 g/mol. The summed E-state index contributed by atoms with van der Waals surface area (Å²) in [4.78, 5) is 17.9. The zero-order valence-electron chi connectivity index (χ0n) is 18.2. The molecule has 1 aliphatic rings. The highest BCUT2D eigenvalue weighted by atomic mass is 16.1. The number of carbonyl (C=O) groups excluding carboxylic acids is 1. The second kappa shape index (κ2) is 8.36. The molecule has 0 unspecified atom stereocenters. The van der Waals surface area contributed by atoms with Crippen LogP contribution in [-0.4, -0.2) is 58.4 Å². The van der Waals surface area contributed by atoms with Gasteiger partial charge in [0.25, 0.3) is 5.91 Å². The smallest absolute Gasteiger partial charge is 0.256 e. The Labute approximate surface area is 177 Å². The molecule has 0 bridgehead atoms. The Kier molecular flexibility index (Phi) is 5.63. The molecular formula is C23H30N6O. The maximum Gasteiger partial charge on any atom is 0.256 e. The van der Waals surface area contributed by atoms with E-state index in [2.05, 4.69) is 62.2 Å². The van der Waals surface area contributed by atoms with Crippen molar-refractivity contribution in [2.75, 3.05) is 38.1 Å². The van der Waals surface area contributed by atoms with E-state index in [-0.39, 0.29) is 5.91 Å². The number of rotatable bonds is 5. The summed E-state index contributed by atoms with van der Waals surface area (Å²) >= 11 is 0. The molecule has 30 heavy (non-hydrogen) atoms. The average molecular weight is 407 g/mol. The summed E-state index contributed by atoms with van der Waals surface area (Å²) in [7, 11) is 4.02. The fourth-order valence-corrected chi connectivity index (χ4v) is 4.15. The number of para-hydroxylation sites is 1. The van der Waals surface area contributed by atoms with Crippen LogP contribution in [0.1, 0.15) is 27.3 Å². The number of amides is 1. The van der Waals surface area contributed by atoms with Crippen molar-refractivity contribution in [1.29, 1.82) is 0 Å². The van der Waals surface area contributed by atoms with E-state index in [4.69, 9.17) is 0 Å². The third kappa shape index (κ3) is 3.85. The third-order valence-electron chi connectivity index (χ3n) is 5.91. The van der Waals surface area contributed by atoms with Crippen LogP contribution in [0.2, 0.25) is 0 Å². The normalized spacial score (nSPS) is 14.9. The average Bonchev–Trinajstić information content (AvgIpc) is 3.28. The van der Waals surface area contributed by atoms with E-state index < -0.39 is 0 Å². The highest BCUT2D eigenvalue weighted by Gasteiger charge is 2.21. The SMILES string of the molecule is Cc1ccc(C)n1-c1c(C(=O)NCc2ccccc2N2CCN(C)CC2)cnn1C. The fraction of sp³-hybridized carbons (Fsp3) is 0.391. The maximum absolute atomic E-state index is 13.1. The van der Waals surface area contributed by atoms with E-state index in [1.807, 2.05) is 27.0 Å². The van der Waals surface area contributed by atoms with Crippen LogP contribution in [0, 0.1) is 13.8 Å². The van der Waals surface area contributed by atoms with Gasteiger partial charge in [0, 0.05) is 56.8 Å². The van der Waals surface area contributed by atoms with Crippen molar-refractivity contribution >= 4 is 11.6 Å². The number of benzene rings is 1. The van der Waals surface area contributed by atoms with Gasteiger partial charge in [0.1, 0.15) is 11.4 Å². The lowest BCUT2D eigenvalue weighted by Crippen LogP contribution is -2.45. The molecule has 0 spiro atoms. The van der Waals surface area contributed by atoms with Gasteiger partial charge in [0.05, 0.1) is 6.20 Å². The Bertz CT molecular complexity index is 1020. The van der Waals surface area contributed by atoms with Gasteiger partial charge in [-0.05, 0) is 44.7 Å². The molecule has 1 fully saturated rings. The Morgan fingerprint density at radius 3 is 2.37 bits per heavy atom. The first-order chi connectivity index (χ1) is 14.5. The maximum atomic E-state index is 13.1. The summed E-state index contributed by atoms with van der Waals surface area (Å²) in [6.07, 6.45) is 1.65. The molecule has 1 amide bonds. The molecule has 3 heterocycles. The molecule has 3 aromatic rings. The summed E-state index contributed by atoms with van der Waals surface area (Å²) in [6.45, 7) is 8.66. The second-order valence-electron chi connectivity index (χ2n) is 8.06. The first-order valence-electron chi connectivity index (χ1n) is 10.4. The molecule has 0 aliphatic carbocycles. The number of aromatic nitrogens is 3. The van der Waals surface area contributed by atoms with E-state index >= 15 is 0 Å². The van der Waals surface area contributed by atoms with Gasteiger partial charge in [-0.3, -0.25) is 9.48 Å². The number of nitrogens with one attached hydrogen (secondary N) is 1. The lowest BCUT2D eigenvalue weighted by Gasteiger charge is -2.35. The Hall–Kier alpha value is -3.06. The summed E-state index contributed by atoms with van der Waals surface area (Å²) in [5, 5.41) is 7.47. The van der Waals surface area contributed by atoms with Crippen LogP contribution in [0.5, 0.6) is 0 Å². The molecule has 0 atom stereocenters. The van der Waals surface area contributed by atoms with Gasteiger partial charge < -0.3 is 19.7 Å². The van der Waals surface area contributed by atoms with Crippen molar-refractivity contribution in [1.82, 2.24) is 24.6 Å². The van der Waals surface area contributed by atoms with Crippen LogP contribution in [0.25, 0.3) is 5.82 Å². The van der Waals surface area contributed by atoms with Gasteiger partial charge >= 0.3 is 0 Å². The lowest BCUT2D eigenvalue weighted by atomic mass is 10.1. The topological polar surface area (TPSA) is 58.3 Å². The van der Waals surface area contributed by atoms with Crippen molar-refractivity contribution in [3.8, 4) is 5.82 Å². The molecular weight excluding hydrogens is 376 g/mol. The van der Waals surface area contributed by atoms with Crippen LogP contribution in [-0.2, 0) is 13.6 Å². The second-order valence-corrected chi connectivity index (χ2v) is 8.06. The summed E-state index contributed by atoms with van der Waals surface area (Å²) in [6, 6.07) is 12.4. The zero-order chi connectivity index (χ0) is 21.3. The largest absolute Gasteiger partial charge is 0.369 e. The van der Waals surface area contributed by atoms with Crippen molar-refractivity contribution in [3.05, 3.63) is 65.1 Å². The molecule has 0 saturated carbocycles. The van der Waals surface area contributed by atoms with Crippen LogP contribution in [0.3, 0.4) is 0 Å². The number of carbonyl (C=O) groups is 1. The number of hydrogen-bond acceptors (Lipinski definition) is 4. The minimum atomic E-state index is -0.112. The molecule has 1 saturated heterocycles. The first kappa shape index (κ1) is 20.2. The summed E-state index contributed by atoms with van der Waals surface area (Å²) < 4.78 is 3.83. The molecule has 1 N–H and O–H groups in total.